The number of nitrogens with one attached hydrogen (secondary N) is 1. The number of hydrogen-bond donors (Lipinski definition) is 1. The molecule has 0 radical (unpaired) electrons. The zero-order chi connectivity index (χ0) is 23.3. The molecule has 1 aliphatic heterocycles. The van der Waals surface area contributed by atoms with Crippen LogP contribution in [0.4, 0.5) is 5.69 Å². The predicted molar refractivity (Wildman–Crippen MR) is 127 cm³/mol. The Labute approximate surface area is 194 Å². The zero-order valence-electron chi connectivity index (χ0n) is 18.9. The number of anilines is 1. The summed E-state index contributed by atoms with van der Waals surface area (Å²) in [6.45, 7) is 7.22. The summed E-state index contributed by atoms with van der Waals surface area (Å²) in [5, 5.41) is 3.45. The molecule has 2 aromatic rings. The lowest BCUT2D eigenvalue weighted by Gasteiger charge is -2.32. The third kappa shape index (κ3) is 5.90. The van der Waals surface area contributed by atoms with Crippen molar-refractivity contribution in [3.8, 4) is 5.75 Å². The van der Waals surface area contributed by atoms with Crippen molar-refractivity contribution in [3.63, 3.8) is 0 Å². The van der Waals surface area contributed by atoms with E-state index < -0.39 is 0 Å². The van der Waals surface area contributed by atoms with Crippen molar-refractivity contribution >= 4 is 35.2 Å². The highest BCUT2D eigenvalue weighted by atomic mass is 35.5. The van der Waals surface area contributed by atoms with Gasteiger partial charge in [0, 0.05) is 25.3 Å². The van der Waals surface area contributed by atoms with Crippen molar-refractivity contribution in [2.24, 2.45) is 0 Å². The largest absolute Gasteiger partial charge is 0.449 e. The van der Waals surface area contributed by atoms with Gasteiger partial charge in [-0.25, -0.2) is 0 Å². The third-order valence-corrected chi connectivity index (χ3v) is 5.36. The summed E-state index contributed by atoms with van der Waals surface area (Å²) in [5.41, 5.74) is 2.29. The Morgan fingerprint density at radius 3 is 2.56 bits per heavy atom. The Hall–Kier alpha value is -2.83. The van der Waals surface area contributed by atoms with Gasteiger partial charge in [-0.15, -0.1) is 0 Å². The van der Waals surface area contributed by atoms with Gasteiger partial charge in [0.05, 0.1) is 5.69 Å². The smallest absolute Gasteiger partial charge is 0.294 e. The van der Waals surface area contributed by atoms with E-state index in [1.807, 2.05) is 18.2 Å². The molecule has 2 amide bonds. The molecule has 0 fully saturated rings. The summed E-state index contributed by atoms with van der Waals surface area (Å²) in [7, 11) is 1.62. The maximum absolute atomic E-state index is 13.3. The lowest BCUT2D eigenvalue weighted by molar-refractivity contribution is -0.123. The summed E-state index contributed by atoms with van der Waals surface area (Å²) >= 11 is 5.96. The van der Waals surface area contributed by atoms with Crippen molar-refractivity contribution in [1.29, 1.82) is 0 Å². The molecule has 0 saturated carbocycles. The number of carbonyl (C=O) groups is 2. The molecule has 0 spiro atoms. The maximum atomic E-state index is 13.3. The first-order valence-electron chi connectivity index (χ1n) is 10.6. The van der Waals surface area contributed by atoms with Gasteiger partial charge < -0.3 is 14.8 Å². The van der Waals surface area contributed by atoms with Crippen LogP contribution >= 0.6 is 11.6 Å². The average Bonchev–Trinajstić information content (AvgIpc) is 2.74. The van der Waals surface area contributed by atoms with Crippen molar-refractivity contribution in [2.75, 3.05) is 31.7 Å². The fourth-order valence-corrected chi connectivity index (χ4v) is 3.41. The number of ether oxygens (including phenoxy) is 2. The highest BCUT2D eigenvalue weighted by Gasteiger charge is 2.33. The molecule has 1 heterocycles. The fraction of sp³-hybridized carbons (Fsp3) is 0.360. The number of carbonyl (C=O) groups excluding carboxylic acids is 2. The first-order valence-corrected chi connectivity index (χ1v) is 10.9. The SMILES string of the molecule is COCCCNC(=O)CN1C(=O)C(=Cc2ccc(Cl)cc2)Oc2ccc(C(C)(C)C)cc21. The van der Waals surface area contributed by atoms with Crippen LogP contribution in [0.15, 0.2) is 48.2 Å². The number of fused-ring (bicyclic) bond motifs is 1. The van der Waals surface area contributed by atoms with Crippen LogP contribution in [0.1, 0.15) is 38.3 Å². The van der Waals surface area contributed by atoms with Gasteiger partial charge in [0.15, 0.2) is 11.5 Å². The summed E-state index contributed by atoms with van der Waals surface area (Å²) in [6, 6.07) is 12.9. The van der Waals surface area contributed by atoms with E-state index in [4.69, 9.17) is 21.1 Å². The standard InChI is InChI=1S/C25H29ClN2O4/c1-25(2,3)18-8-11-21-20(15-18)28(16-23(29)27-12-5-13-31-4)24(30)22(32-21)14-17-6-9-19(26)10-7-17/h6-11,14-15H,5,12-13,16H2,1-4H3,(H,27,29). The second kappa shape index (κ2) is 10.2. The highest BCUT2D eigenvalue weighted by molar-refractivity contribution is 6.30. The van der Waals surface area contributed by atoms with Crippen LogP contribution in [0.2, 0.25) is 5.02 Å². The molecule has 2 aromatic carbocycles. The van der Waals surface area contributed by atoms with E-state index in [0.29, 0.717) is 36.0 Å². The summed E-state index contributed by atoms with van der Waals surface area (Å²) in [5.74, 6) is 0.0698. The topological polar surface area (TPSA) is 67.9 Å². The minimum atomic E-state index is -0.370. The van der Waals surface area contributed by atoms with Crippen LogP contribution in [0.5, 0.6) is 5.75 Å². The molecule has 7 heteroatoms. The van der Waals surface area contributed by atoms with Gasteiger partial charge in [-0.1, -0.05) is 50.6 Å². The lowest BCUT2D eigenvalue weighted by Crippen LogP contribution is -2.44. The lowest BCUT2D eigenvalue weighted by atomic mass is 9.86. The van der Waals surface area contributed by atoms with Crippen LogP contribution < -0.4 is 15.0 Å². The molecule has 0 bridgehead atoms. The number of halogens is 1. The van der Waals surface area contributed by atoms with E-state index >= 15 is 0 Å². The van der Waals surface area contributed by atoms with Gasteiger partial charge in [0.1, 0.15) is 6.54 Å². The van der Waals surface area contributed by atoms with E-state index in [2.05, 4.69) is 26.1 Å². The quantitative estimate of drug-likeness (QED) is 0.490. The molecule has 6 nitrogen and oxygen atoms in total. The average molecular weight is 457 g/mol. The van der Waals surface area contributed by atoms with E-state index in [0.717, 1.165) is 11.1 Å². The van der Waals surface area contributed by atoms with Crippen molar-refractivity contribution in [2.45, 2.75) is 32.6 Å². The summed E-state index contributed by atoms with van der Waals surface area (Å²) in [4.78, 5) is 27.4. The number of methoxy groups -OCH3 is 1. The van der Waals surface area contributed by atoms with Crippen LogP contribution in [-0.2, 0) is 19.7 Å². The minimum Gasteiger partial charge on any atom is -0.449 e. The fourth-order valence-electron chi connectivity index (χ4n) is 3.29. The van der Waals surface area contributed by atoms with Gasteiger partial charge >= 0.3 is 0 Å². The Morgan fingerprint density at radius 2 is 1.91 bits per heavy atom. The molecule has 0 aliphatic carbocycles. The van der Waals surface area contributed by atoms with Crippen molar-refractivity contribution in [3.05, 3.63) is 64.4 Å². The molecule has 170 valence electrons. The molecular weight excluding hydrogens is 428 g/mol. The number of amides is 2. The normalized spacial score (nSPS) is 14.8. The van der Waals surface area contributed by atoms with Crippen LogP contribution in [0.3, 0.4) is 0 Å². The molecule has 32 heavy (non-hydrogen) atoms. The van der Waals surface area contributed by atoms with Gasteiger partial charge in [-0.3, -0.25) is 14.5 Å². The highest BCUT2D eigenvalue weighted by Crippen LogP contribution is 2.39. The Morgan fingerprint density at radius 1 is 1.19 bits per heavy atom. The Balaban J connectivity index is 1.93. The zero-order valence-corrected chi connectivity index (χ0v) is 19.7. The summed E-state index contributed by atoms with van der Waals surface area (Å²) in [6.07, 6.45) is 2.36. The molecule has 0 atom stereocenters. The van der Waals surface area contributed by atoms with Crippen molar-refractivity contribution < 1.29 is 19.1 Å². The molecule has 0 unspecified atom stereocenters. The van der Waals surface area contributed by atoms with Gasteiger partial charge in [-0.2, -0.15) is 0 Å². The molecular formula is C25H29ClN2O4. The Kier molecular flexibility index (Phi) is 7.59. The number of hydrogen-bond acceptors (Lipinski definition) is 4. The molecule has 0 saturated heterocycles. The molecule has 0 aromatic heterocycles. The number of rotatable bonds is 7. The molecule has 3 rings (SSSR count). The van der Waals surface area contributed by atoms with Crippen LogP contribution in [0.25, 0.3) is 6.08 Å². The maximum Gasteiger partial charge on any atom is 0.294 e. The number of benzene rings is 2. The van der Waals surface area contributed by atoms with E-state index in [1.165, 1.54) is 4.90 Å². The van der Waals surface area contributed by atoms with Gasteiger partial charge in [-0.05, 0) is 53.3 Å². The summed E-state index contributed by atoms with van der Waals surface area (Å²) < 4.78 is 11.0. The van der Waals surface area contributed by atoms with Crippen LogP contribution in [0, 0.1) is 0 Å². The predicted octanol–water partition coefficient (Wildman–Crippen LogP) is 4.56. The second-order valence-corrected chi connectivity index (χ2v) is 9.12. The van der Waals surface area contributed by atoms with E-state index in [9.17, 15) is 9.59 Å². The number of nitrogens with zero attached hydrogens (tertiary/aromatic N) is 1. The Bertz CT molecular complexity index is 1010. The van der Waals surface area contributed by atoms with Gasteiger partial charge in [0.2, 0.25) is 5.91 Å². The van der Waals surface area contributed by atoms with Crippen molar-refractivity contribution in [1.82, 2.24) is 5.32 Å². The molecule has 1 aliphatic rings. The van der Waals surface area contributed by atoms with E-state index in [-0.39, 0.29) is 29.5 Å². The van der Waals surface area contributed by atoms with Gasteiger partial charge in [0.25, 0.3) is 5.91 Å². The monoisotopic (exact) mass is 456 g/mol. The second-order valence-electron chi connectivity index (χ2n) is 8.68. The first kappa shape index (κ1) is 23.8. The third-order valence-electron chi connectivity index (χ3n) is 5.11. The van der Waals surface area contributed by atoms with Crippen LogP contribution in [-0.4, -0.2) is 38.6 Å². The first-order chi connectivity index (χ1) is 15.2. The minimum absolute atomic E-state index is 0.103. The molecule has 1 N–H and O–H groups in total. The van der Waals surface area contributed by atoms with E-state index in [1.54, 1.807) is 37.5 Å².